The first-order valence-corrected chi connectivity index (χ1v) is 6.98. The molecule has 0 saturated heterocycles. The van der Waals surface area contributed by atoms with E-state index in [0.717, 1.165) is 10.2 Å². The summed E-state index contributed by atoms with van der Waals surface area (Å²) in [5.74, 6) is -0.177. The number of halogens is 2. The highest BCUT2D eigenvalue weighted by molar-refractivity contribution is 9.10. The number of carbonyl (C=O) groups excluding carboxylic acids is 1. The number of carbonyl (C=O) groups is 1. The second kappa shape index (κ2) is 5.67. The van der Waals surface area contributed by atoms with Gasteiger partial charge in [0.05, 0.1) is 10.7 Å². The lowest BCUT2D eigenvalue weighted by molar-refractivity contribution is 0.101. The Morgan fingerprint density at radius 3 is 2.61 bits per heavy atom. The molecule has 1 heterocycles. The van der Waals surface area contributed by atoms with Gasteiger partial charge in [0, 0.05) is 16.7 Å². The molecule has 0 atom stereocenters. The van der Waals surface area contributed by atoms with Crippen LogP contribution in [0.5, 0.6) is 0 Å². The highest BCUT2D eigenvalue weighted by atomic mass is 79.9. The third-order valence-electron chi connectivity index (χ3n) is 2.41. The van der Waals surface area contributed by atoms with E-state index in [4.69, 9.17) is 0 Å². The van der Waals surface area contributed by atoms with E-state index in [9.17, 15) is 4.79 Å². The van der Waals surface area contributed by atoms with Crippen molar-refractivity contribution in [2.45, 2.75) is 13.5 Å². The van der Waals surface area contributed by atoms with E-state index in [1.807, 2.05) is 31.2 Å². The van der Waals surface area contributed by atoms with Crippen LogP contribution in [0, 0.1) is 0 Å². The molecule has 94 valence electrons. The van der Waals surface area contributed by atoms with Crippen LogP contribution in [0.3, 0.4) is 0 Å². The SMILES string of the molecule is CCn1ncc(Br)c1C(=O)Nc1ccc(Br)cc1. The third-order valence-corrected chi connectivity index (χ3v) is 3.52. The molecule has 0 bridgehead atoms. The van der Waals surface area contributed by atoms with E-state index in [1.165, 1.54) is 0 Å². The molecule has 18 heavy (non-hydrogen) atoms. The minimum atomic E-state index is -0.177. The van der Waals surface area contributed by atoms with Crippen LogP contribution in [0.4, 0.5) is 5.69 Å². The van der Waals surface area contributed by atoms with Crippen molar-refractivity contribution in [1.82, 2.24) is 9.78 Å². The van der Waals surface area contributed by atoms with Crippen molar-refractivity contribution in [1.29, 1.82) is 0 Å². The fourth-order valence-electron chi connectivity index (χ4n) is 1.55. The summed E-state index contributed by atoms with van der Waals surface area (Å²) in [5.41, 5.74) is 1.28. The van der Waals surface area contributed by atoms with Crippen LogP contribution in [-0.2, 0) is 6.54 Å². The molecular formula is C12H11Br2N3O. The number of nitrogens with one attached hydrogen (secondary N) is 1. The van der Waals surface area contributed by atoms with Crippen molar-refractivity contribution in [2.75, 3.05) is 5.32 Å². The molecular weight excluding hydrogens is 362 g/mol. The summed E-state index contributed by atoms with van der Waals surface area (Å²) in [6.07, 6.45) is 1.62. The van der Waals surface area contributed by atoms with E-state index < -0.39 is 0 Å². The monoisotopic (exact) mass is 371 g/mol. The second-order valence-electron chi connectivity index (χ2n) is 3.62. The first-order valence-electron chi connectivity index (χ1n) is 5.40. The number of amides is 1. The highest BCUT2D eigenvalue weighted by Gasteiger charge is 2.16. The molecule has 0 saturated carbocycles. The number of benzene rings is 1. The van der Waals surface area contributed by atoms with Gasteiger partial charge in [0.25, 0.3) is 5.91 Å². The van der Waals surface area contributed by atoms with Crippen molar-refractivity contribution < 1.29 is 4.79 Å². The summed E-state index contributed by atoms with van der Waals surface area (Å²) < 4.78 is 3.32. The standard InChI is InChI=1S/C12H11Br2N3O/c1-2-17-11(10(14)7-15-17)12(18)16-9-5-3-8(13)4-6-9/h3-7H,2H2,1H3,(H,16,18). The Morgan fingerprint density at radius 1 is 1.33 bits per heavy atom. The van der Waals surface area contributed by atoms with E-state index in [-0.39, 0.29) is 5.91 Å². The normalized spacial score (nSPS) is 10.4. The number of hydrogen-bond donors (Lipinski definition) is 1. The predicted molar refractivity (Wildman–Crippen MR) is 77.7 cm³/mol. The Labute approximate surface area is 122 Å². The molecule has 0 aliphatic carbocycles. The van der Waals surface area contributed by atoms with Crippen molar-refractivity contribution in [3.63, 3.8) is 0 Å². The lowest BCUT2D eigenvalue weighted by atomic mass is 10.3. The maximum absolute atomic E-state index is 12.1. The maximum Gasteiger partial charge on any atom is 0.275 e. The first-order chi connectivity index (χ1) is 8.61. The summed E-state index contributed by atoms with van der Waals surface area (Å²) in [6.45, 7) is 2.59. The van der Waals surface area contributed by atoms with Crippen LogP contribution in [0.1, 0.15) is 17.4 Å². The topological polar surface area (TPSA) is 46.9 Å². The Bertz CT molecular complexity index is 563. The average molecular weight is 373 g/mol. The van der Waals surface area contributed by atoms with Crippen molar-refractivity contribution in [3.8, 4) is 0 Å². The molecule has 4 nitrogen and oxygen atoms in total. The smallest absolute Gasteiger partial charge is 0.275 e. The van der Waals surface area contributed by atoms with E-state index >= 15 is 0 Å². The van der Waals surface area contributed by atoms with Gasteiger partial charge in [-0.05, 0) is 47.1 Å². The Balaban J connectivity index is 2.21. The van der Waals surface area contributed by atoms with Gasteiger partial charge in [-0.3, -0.25) is 9.48 Å². The summed E-state index contributed by atoms with van der Waals surface area (Å²) in [5, 5.41) is 6.95. The number of nitrogens with zero attached hydrogens (tertiary/aromatic N) is 2. The van der Waals surface area contributed by atoms with Gasteiger partial charge in [0.1, 0.15) is 5.69 Å². The van der Waals surface area contributed by atoms with Crippen LogP contribution in [0.2, 0.25) is 0 Å². The van der Waals surface area contributed by atoms with Gasteiger partial charge in [-0.2, -0.15) is 5.10 Å². The molecule has 0 radical (unpaired) electrons. The summed E-state index contributed by atoms with van der Waals surface area (Å²) in [7, 11) is 0. The molecule has 1 N–H and O–H groups in total. The number of aromatic nitrogens is 2. The van der Waals surface area contributed by atoms with Gasteiger partial charge in [-0.15, -0.1) is 0 Å². The first kappa shape index (κ1) is 13.3. The maximum atomic E-state index is 12.1. The zero-order chi connectivity index (χ0) is 13.1. The van der Waals surface area contributed by atoms with Crippen molar-refractivity contribution >= 4 is 43.5 Å². The molecule has 0 fully saturated rings. The lowest BCUT2D eigenvalue weighted by Gasteiger charge is -2.07. The fourth-order valence-corrected chi connectivity index (χ4v) is 2.29. The largest absolute Gasteiger partial charge is 0.321 e. The van der Waals surface area contributed by atoms with E-state index in [0.29, 0.717) is 16.7 Å². The molecule has 0 aliphatic rings. The summed E-state index contributed by atoms with van der Waals surface area (Å²) in [6, 6.07) is 7.43. The number of aryl methyl sites for hydroxylation is 1. The Kier molecular flexibility index (Phi) is 4.19. The van der Waals surface area contributed by atoms with Gasteiger partial charge < -0.3 is 5.32 Å². The van der Waals surface area contributed by atoms with Crippen molar-refractivity contribution in [2.24, 2.45) is 0 Å². The molecule has 1 aromatic heterocycles. The van der Waals surface area contributed by atoms with Gasteiger partial charge >= 0.3 is 0 Å². The number of hydrogen-bond acceptors (Lipinski definition) is 2. The third kappa shape index (κ3) is 2.81. The highest BCUT2D eigenvalue weighted by Crippen LogP contribution is 2.19. The van der Waals surface area contributed by atoms with E-state index in [2.05, 4.69) is 42.3 Å². The fraction of sp³-hybridized carbons (Fsp3) is 0.167. The van der Waals surface area contributed by atoms with Crippen LogP contribution >= 0.6 is 31.9 Å². The Hall–Kier alpha value is -1.14. The zero-order valence-electron chi connectivity index (χ0n) is 9.65. The van der Waals surface area contributed by atoms with Crippen LogP contribution < -0.4 is 5.32 Å². The average Bonchev–Trinajstić information content (AvgIpc) is 2.73. The second-order valence-corrected chi connectivity index (χ2v) is 5.39. The van der Waals surface area contributed by atoms with Gasteiger partial charge in [0.15, 0.2) is 0 Å². The number of anilines is 1. The van der Waals surface area contributed by atoms with Gasteiger partial charge in [0.2, 0.25) is 0 Å². The zero-order valence-corrected chi connectivity index (χ0v) is 12.8. The van der Waals surface area contributed by atoms with Gasteiger partial charge in [-0.25, -0.2) is 0 Å². The van der Waals surface area contributed by atoms with Crippen LogP contribution in [-0.4, -0.2) is 15.7 Å². The van der Waals surface area contributed by atoms with Crippen LogP contribution in [0.15, 0.2) is 39.4 Å². The lowest BCUT2D eigenvalue weighted by Crippen LogP contribution is -2.17. The minimum Gasteiger partial charge on any atom is -0.321 e. The molecule has 0 aliphatic heterocycles. The summed E-state index contributed by atoms with van der Waals surface area (Å²) >= 11 is 6.68. The molecule has 1 aromatic carbocycles. The molecule has 0 spiro atoms. The predicted octanol–water partition coefficient (Wildman–Crippen LogP) is 3.68. The van der Waals surface area contributed by atoms with Gasteiger partial charge in [-0.1, -0.05) is 15.9 Å². The Morgan fingerprint density at radius 2 is 2.00 bits per heavy atom. The molecule has 1 amide bonds. The van der Waals surface area contributed by atoms with Crippen LogP contribution in [0.25, 0.3) is 0 Å². The number of rotatable bonds is 3. The quantitative estimate of drug-likeness (QED) is 0.893. The minimum absolute atomic E-state index is 0.177. The van der Waals surface area contributed by atoms with Crippen molar-refractivity contribution in [3.05, 3.63) is 45.1 Å². The molecule has 2 aromatic rings. The summed E-state index contributed by atoms with van der Waals surface area (Å²) in [4.78, 5) is 12.1. The molecule has 0 unspecified atom stereocenters. The molecule has 2 rings (SSSR count). The molecule has 6 heteroatoms. The van der Waals surface area contributed by atoms with E-state index in [1.54, 1.807) is 10.9 Å².